The van der Waals surface area contributed by atoms with E-state index in [0.29, 0.717) is 5.89 Å². The molecule has 1 heterocycles. The molecule has 1 aliphatic carbocycles. The van der Waals surface area contributed by atoms with E-state index in [2.05, 4.69) is 17.1 Å². The van der Waals surface area contributed by atoms with Crippen LogP contribution in [0.15, 0.2) is 34.7 Å². The van der Waals surface area contributed by atoms with E-state index in [-0.39, 0.29) is 0 Å². The Kier molecular flexibility index (Phi) is 4.65. The van der Waals surface area contributed by atoms with E-state index in [1.165, 1.54) is 32.1 Å². The van der Waals surface area contributed by atoms with E-state index < -0.39 is 0 Å². The van der Waals surface area contributed by atoms with Crippen molar-refractivity contribution in [3.63, 3.8) is 0 Å². The summed E-state index contributed by atoms with van der Waals surface area (Å²) in [5.41, 5.74) is 0.993. The van der Waals surface area contributed by atoms with Gasteiger partial charge in [0.25, 0.3) is 5.89 Å². The summed E-state index contributed by atoms with van der Waals surface area (Å²) in [5.74, 6) is 1.39. The van der Waals surface area contributed by atoms with Crippen molar-refractivity contribution in [2.45, 2.75) is 51.6 Å². The normalized spacial score (nSPS) is 17.8. The van der Waals surface area contributed by atoms with Crippen LogP contribution in [0.5, 0.6) is 0 Å². The highest BCUT2D eigenvalue weighted by molar-refractivity contribution is 5.51. The Balaban J connectivity index is 1.68. The minimum Gasteiger partial charge on any atom is -0.415 e. The minimum atomic E-state index is 0.629. The zero-order valence-corrected chi connectivity index (χ0v) is 12.7. The SMILES string of the molecule is CC[NH+](Cc1nnc(-c2ccccc2)o1)C1CCCCC1. The molecular weight excluding hydrogens is 262 g/mol. The lowest BCUT2D eigenvalue weighted by Crippen LogP contribution is -3.14. The van der Waals surface area contributed by atoms with Gasteiger partial charge in [0.15, 0.2) is 6.54 Å². The molecule has 0 saturated heterocycles. The van der Waals surface area contributed by atoms with Crippen LogP contribution in [0.2, 0.25) is 0 Å². The van der Waals surface area contributed by atoms with Gasteiger partial charge in [0.1, 0.15) is 0 Å². The first-order chi connectivity index (χ1) is 10.4. The fourth-order valence-corrected chi connectivity index (χ4v) is 3.29. The Labute approximate surface area is 126 Å². The number of hydrogen-bond acceptors (Lipinski definition) is 3. The highest BCUT2D eigenvalue weighted by Gasteiger charge is 2.25. The summed E-state index contributed by atoms with van der Waals surface area (Å²) in [6.07, 6.45) is 6.80. The average Bonchev–Trinajstić information content (AvgIpc) is 3.03. The molecule has 1 fully saturated rings. The lowest BCUT2D eigenvalue weighted by Gasteiger charge is -2.29. The van der Waals surface area contributed by atoms with Crippen molar-refractivity contribution in [2.75, 3.05) is 6.54 Å². The highest BCUT2D eigenvalue weighted by Crippen LogP contribution is 2.18. The quantitative estimate of drug-likeness (QED) is 0.918. The molecule has 112 valence electrons. The lowest BCUT2D eigenvalue weighted by atomic mass is 9.94. The van der Waals surface area contributed by atoms with Gasteiger partial charge < -0.3 is 9.32 Å². The number of hydrogen-bond donors (Lipinski definition) is 1. The third-order valence-corrected chi connectivity index (χ3v) is 4.50. The first-order valence-electron chi connectivity index (χ1n) is 8.09. The third-order valence-electron chi connectivity index (χ3n) is 4.50. The van der Waals surface area contributed by atoms with Gasteiger partial charge >= 0.3 is 0 Å². The Morgan fingerprint density at radius 2 is 1.86 bits per heavy atom. The summed E-state index contributed by atoms with van der Waals surface area (Å²) in [6, 6.07) is 10.7. The second-order valence-electron chi connectivity index (χ2n) is 5.89. The van der Waals surface area contributed by atoms with Crippen molar-refractivity contribution in [3.8, 4) is 11.5 Å². The first kappa shape index (κ1) is 14.3. The minimum absolute atomic E-state index is 0.629. The molecule has 1 aromatic carbocycles. The summed E-state index contributed by atoms with van der Waals surface area (Å²) in [6.45, 7) is 4.22. The van der Waals surface area contributed by atoms with Gasteiger partial charge in [-0.15, -0.1) is 10.2 Å². The molecule has 21 heavy (non-hydrogen) atoms. The molecule has 0 amide bonds. The van der Waals surface area contributed by atoms with Gasteiger partial charge in [-0.25, -0.2) is 0 Å². The number of benzene rings is 1. The molecule has 0 radical (unpaired) electrons. The van der Waals surface area contributed by atoms with Gasteiger partial charge in [-0.3, -0.25) is 0 Å². The highest BCUT2D eigenvalue weighted by atomic mass is 16.4. The van der Waals surface area contributed by atoms with Crippen molar-refractivity contribution >= 4 is 0 Å². The van der Waals surface area contributed by atoms with Crippen LogP contribution in [0.3, 0.4) is 0 Å². The van der Waals surface area contributed by atoms with Crippen molar-refractivity contribution in [1.82, 2.24) is 10.2 Å². The Morgan fingerprint density at radius 1 is 1.10 bits per heavy atom. The molecular formula is C17H24N3O+. The van der Waals surface area contributed by atoms with E-state index in [4.69, 9.17) is 4.42 Å². The van der Waals surface area contributed by atoms with Crippen LogP contribution >= 0.6 is 0 Å². The van der Waals surface area contributed by atoms with Crippen LogP contribution in [-0.4, -0.2) is 22.8 Å². The van der Waals surface area contributed by atoms with Crippen LogP contribution in [0.25, 0.3) is 11.5 Å². The van der Waals surface area contributed by atoms with E-state index in [0.717, 1.165) is 30.6 Å². The van der Waals surface area contributed by atoms with Crippen molar-refractivity contribution in [1.29, 1.82) is 0 Å². The van der Waals surface area contributed by atoms with Crippen LogP contribution in [0.4, 0.5) is 0 Å². The standard InChI is InChI=1S/C17H23N3O/c1-2-20(15-11-7-4-8-12-15)13-16-18-19-17(21-16)14-9-5-3-6-10-14/h3,5-6,9-10,15H,2,4,7-8,11-13H2,1H3/p+1. The number of rotatable bonds is 5. The number of quaternary nitrogens is 1. The molecule has 3 rings (SSSR count). The molecule has 1 unspecified atom stereocenters. The van der Waals surface area contributed by atoms with Crippen molar-refractivity contribution in [2.24, 2.45) is 0 Å². The predicted molar refractivity (Wildman–Crippen MR) is 81.8 cm³/mol. The van der Waals surface area contributed by atoms with Crippen LogP contribution in [-0.2, 0) is 6.54 Å². The number of nitrogens with zero attached hydrogens (tertiary/aromatic N) is 2. The fourth-order valence-electron chi connectivity index (χ4n) is 3.29. The van der Waals surface area contributed by atoms with Crippen LogP contribution in [0, 0.1) is 0 Å². The van der Waals surface area contributed by atoms with Crippen LogP contribution in [0.1, 0.15) is 44.9 Å². The van der Waals surface area contributed by atoms with Gasteiger partial charge in [0, 0.05) is 5.56 Å². The Morgan fingerprint density at radius 3 is 2.57 bits per heavy atom. The molecule has 1 aromatic heterocycles. The smallest absolute Gasteiger partial charge is 0.271 e. The second kappa shape index (κ2) is 6.85. The Hall–Kier alpha value is -1.68. The fraction of sp³-hybridized carbons (Fsp3) is 0.529. The summed E-state index contributed by atoms with van der Waals surface area (Å²) in [7, 11) is 0. The van der Waals surface area contributed by atoms with Crippen molar-refractivity contribution in [3.05, 3.63) is 36.2 Å². The van der Waals surface area contributed by atoms with E-state index in [1.54, 1.807) is 4.90 Å². The second-order valence-corrected chi connectivity index (χ2v) is 5.89. The summed E-state index contributed by atoms with van der Waals surface area (Å²) in [4.78, 5) is 1.58. The Bertz CT molecular complexity index is 546. The van der Waals surface area contributed by atoms with Gasteiger partial charge in [-0.05, 0) is 44.7 Å². The molecule has 0 spiro atoms. The zero-order valence-electron chi connectivity index (χ0n) is 12.7. The maximum atomic E-state index is 5.85. The van der Waals surface area contributed by atoms with E-state index in [1.807, 2.05) is 30.3 Å². The van der Waals surface area contributed by atoms with Gasteiger partial charge in [0.2, 0.25) is 5.89 Å². The van der Waals surface area contributed by atoms with Crippen LogP contribution < -0.4 is 4.90 Å². The molecule has 0 bridgehead atoms. The third kappa shape index (κ3) is 3.50. The molecule has 1 atom stereocenters. The monoisotopic (exact) mass is 286 g/mol. The maximum Gasteiger partial charge on any atom is 0.271 e. The van der Waals surface area contributed by atoms with Crippen molar-refractivity contribution < 1.29 is 9.32 Å². The van der Waals surface area contributed by atoms with E-state index in [9.17, 15) is 0 Å². The lowest BCUT2D eigenvalue weighted by molar-refractivity contribution is -0.939. The molecule has 1 saturated carbocycles. The largest absolute Gasteiger partial charge is 0.415 e. The number of aromatic nitrogens is 2. The summed E-state index contributed by atoms with van der Waals surface area (Å²) in [5, 5.41) is 8.43. The molecule has 4 nitrogen and oxygen atoms in total. The molecule has 1 N–H and O–H groups in total. The zero-order chi connectivity index (χ0) is 14.5. The van der Waals surface area contributed by atoms with Gasteiger partial charge in [0.05, 0.1) is 12.6 Å². The number of nitrogens with one attached hydrogen (secondary N) is 1. The van der Waals surface area contributed by atoms with Gasteiger partial charge in [-0.2, -0.15) is 0 Å². The summed E-state index contributed by atoms with van der Waals surface area (Å²) >= 11 is 0. The maximum absolute atomic E-state index is 5.85. The molecule has 4 heteroatoms. The molecule has 1 aliphatic rings. The first-order valence-corrected chi connectivity index (χ1v) is 8.09. The topological polar surface area (TPSA) is 43.4 Å². The average molecular weight is 286 g/mol. The molecule has 2 aromatic rings. The molecule has 0 aliphatic heterocycles. The van der Waals surface area contributed by atoms with Gasteiger partial charge in [-0.1, -0.05) is 24.6 Å². The van der Waals surface area contributed by atoms with E-state index >= 15 is 0 Å². The predicted octanol–water partition coefficient (Wildman–Crippen LogP) is 2.47. The summed E-state index contributed by atoms with van der Waals surface area (Å²) < 4.78 is 5.85.